The van der Waals surface area contributed by atoms with E-state index in [2.05, 4.69) is 10.2 Å². The van der Waals surface area contributed by atoms with E-state index in [0.29, 0.717) is 67.8 Å². The number of nitrogens with zero attached hydrogens (tertiary/aromatic N) is 4. The van der Waals surface area contributed by atoms with Gasteiger partial charge in [0.2, 0.25) is 5.95 Å². The van der Waals surface area contributed by atoms with Gasteiger partial charge in [0.1, 0.15) is 11.6 Å². The number of furan rings is 2. The van der Waals surface area contributed by atoms with Gasteiger partial charge in [-0.3, -0.25) is 9.59 Å². The second-order valence-electron chi connectivity index (χ2n) is 9.49. The molecule has 1 amide bonds. The molecule has 1 unspecified atom stereocenters. The van der Waals surface area contributed by atoms with E-state index in [1.807, 2.05) is 43.3 Å². The van der Waals surface area contributed by atoms with Crippen molar-refractivity contribution in [1.29, 1.82) is 0 Å². The van der Waals surface area contributed by atoms with E-state index in [4.69, 9.17) is 18.8 Å². The van der Waals surface area contributed by atoms with Crippen LogP contribution in [0.5, 0.6) is 0 Å². The van der Waals surface area contributed by atoms with Crippen molar-refractivity contribution in [1.82, 2.24) is 14.9 Å². The monoisotopic (exact) mass is 497 g/mol. The molecule has 37 heavy (non-hydrogen) atoms. The van der Waals surface area contributed by atoms with Gasteiger partial charge in [-0.1, -0.05) is 17.7 Å². The van der Waals surface area contributed by atoms with E-state index in [0.717, 1.165) is 17.0 Å². The van der Waals surface area contributed by atoms with Gasteiger partial charge in [-0.2, -0.15) is 4.98 Å². The minimum atomic E-state index is -0.121. The summed E-state index contributed by atoms with van der Waals surface area (Å²) in [5.74, 6) is 2.00. The highest BCUT2D eigenvalue weighted by Gasteiger charge is 2.34. The van der Waals surface area contributed by atoms with Crippen molar-refractivity contribution in [2.75, 3.05) is 36.4 Å². The number of amides is 1. The second-order valence-corrected chi connectivity index (χ2v) is 9.49. The number of rotatable bonds is 5. The van der Waals surface area contributed by atoms with Gasteiger partial charge in [0, 0.05) is 50.6 Å². The van der Waals surface area contributed by atoms with Gasteiger partial charge in [-0.15, -0.1) is 0 Å². The molecular formula is C28H27N5O4. The van der Waals surface area contributed by atoms with Crippen molar-refractivity contribution in [3.05, 3.63) is 89.4 Å². The third-order valence-electron chi connectivity index (χ3n) is 6.96. The highest BCUT2D eigenvalue weighted by Crippen LogP contribution is 2.36. The molecule has 4 heterocycles. The zero-order valence-electron chi connectivity index (χ0n) is 20.5. The maximum absolute atomic E-state index is 13.3. The zero-order chi connectivity index (χ0) is 25.4. The van der Waals surface area contributed by atoms with Crippen LogP contribution in [0.2, 0.25) is 0 Å². The molecule has 1 aliphatic carbocycles. The molecule has 1 aromatic carbocycles. The number of hydrogen-bond donors (Lipinski definition) is 1. The fourth-order valence-electron chi connectivity index (χ4n) is 4.96. The molecule has 1 atom stereocenters. The van der Waals surface area contributed by atoms with Crippen LogP contribution in [-0.2, 0) is 6.42 Å². The number of carbonyl (C=O) groups is 2. The molecule has 1 aliphatic heterocycles. The number of fused-ring (bicyclic) bond motifs is 1. The Morgan fingerprint density at radius 2 is 1.70 bits per heavy atom. The maximum atomic E-state index is 13.3. The van der Waals surface area contributed by atoms with Crippen LogP contribution in [0.25, 0.3) is 0 Å². The number of benzene rings is 1. The number of nitrogens with one attached hydrogen (secondary N) is 1. The Morgan fingerprint density at radius 3 is 2.41 bits per heavy atom. The van der Waals surface area contributed by atoms with E-state index in [9.17, 15) is 9.59 Å². The molecule has 0 radical (unpaired) electrons. The van der Waals surface area contributed by atoms with E-state index < -0.39 is 0 Å². The lowest BCUT2D eigenvalue weighted by Crippen LogP contribution is -2.49. The van der Waals surface area contributed by atoms with E-state index >= 15 is 0 Å². The van der Waals surface area contributed by atoms with Gasteiger partial charge >= 0.3 is 0 Å². The third kappa shape index (κ3) is 4.60. The van der Waals surface area contributed by atoms with Crippen LogP contribution in [0.15, 0.2) is 69.9 Å². The average Bonchev–Trinajstić information content (AvgIpc) is 3.64. The van der Waals surface area contributed by atoms with Crippen LogP contribution in [-0.4, -0.2) is 52.7 Å². The van der Waals surface area contributed by atoms with E-state index in [-0.39, 0.29) is 17.6 Å². The first-order valence-corrected chi connectivity index (χ1v) is 12.4. The number of ketones is 1. The second kappa shape index (κ2) is 9.57. The maximum Gasteiger partial charge on any atom is 0.289 e. The smallest absolute Gasteiger partial charge is 0.289 e. The summed E-state index contributed by atoms with van der Waals surface area (Å²) in [5.41, 5.74) is 3.26. The topological polar surface area (TPSA) is 105 Å². The fourth-order valence-corrected chi connectivity index (χ4v) is 4.96. The van der Waals surface area contributed by atoms with Gasteiger partial charge in [0.05, 0.1) is 23.8 Å². The summed E-state index contributed by atoms with van der Waals surface area (Å²) in [6.45, 7) is 4.22. The molecule has 9 nitrogen and oxygen atoms in total. The quantitative estimate of drug-likeness (QED) is 0.427. The molecule has 0 bridgehead atoms. The normalized spacial score (nSPS) is 17.5. The minimum Gasteiger partial charge on any atom is -0.469 e. The van der Waals surface area contributed by atoms with Crippen LogP contribution in [0.4, 0.5) is 17.5 Å². The summed E-state index contributed by atoms with van der Waals surface area (Å²) in [5, 5.41) is 3.37. The summed E-state index contributed by atoms with van der Waals surface area (Å²) in [7, 11) is 0. The zero-order valence-corrected chi connectivity index (χ0v) is 20.5. The van der Waals surface area contributed by atoms with Crippen LogP contribution >= 0.6 is 0 Å². The van der Waals surface area contributed by atoms with Crippen LogP contribution in [0.3, 0.4) is 0 Å². The molecule has 2 aliphatic rings. The first kappa shape index (κ1) is 23.0. The third-order valence-corrected chi connectivity index (χ3v) is 6.96. The van der Waals surface area contributed by atoms with Gasteiger partial charge in [0.15, 0.2) is 11.5 Å². The Morgan fingerprint density at radius 1 is 0.946 bits per heavy atom. The number of carbonyl (C=O) groups excluding carboxylic acids is 2. The highest BCUT2D eigenvalue weighted by molar-refractivity contribution is 6.03. The number of hydrogen-bond acceptors (Lipinski definition) is 8. The number of aromatic nitrogens is 2. The molecule has 4 aromatic rings. The predicted octanol–water partition coefficient (Wildman–Crippen LogP) is 4.59. The Hall–Kier alpha value is -4.40. The molecule has 3 aromatic heterocycles. The summed E-state index contributed by atoms with van der Waals surface area (Å²) in [6, 6.07) is 15.1. The van der Waals surface area contributed by atoms with E-state index in [1.54, 1.807) is 23.3 Å². The Labute approximate surface area is 214 Å². The molecule has 0 spiro atoms. The average molecular weight is 498 g/mol. The Balaban J connectivity index is 1.30. The van der Waals surface area contributed by atoms with Crippen molar-refractivity contribution in [2.45, 2.75) is 25.7 Å². The van der Waals surface area contributed by atoms with E-state index in [1.165, 1.54) is 6.26 Å². The first-order chi connectivity index (χ1) is 18.0. The highest BCUT2D eigenvalue weighted by atomic mass is 16.3. The molecular weight excluding hydrogens is 470 g/mol. The van der Waals surface area contributed by atoms with Crippen LogP contribution in [0, 0.1) is 6.92 Å². The van der Waals surface area contributed by atoms with Gasteiger partial charge in [-0.05, 0) is 43.3 Å². The molecule has 1 fully saturated rings. The lowest BCUT2D eigenvalue weighted by molar-refractivity contribution is 0.0714. The molecule has 188 valence electrons. The van der Waals surface area contributed by atoms with Crippen molar-refractivity contribution in [2.24, 2.45) is 0 Å². The number of aryl methyl sites for hydroxylation is 1. The SMILES string of the molecule is Cc1ccc(Nc2nc(N3CCN(C(=O)c4ccco4)CC3)nc3c2C(=O)CC(c2ccco2)C3)cc1. The Kier molecular flexibility index (Phi) is 5.96. The fraction of sp³-hybridized carbons (Fsp3) is 0.286. The number of anilines is 3. The van der Waals surface area contributed by atoms with Crippen molar-refractivity contribution in [3.63, 3.8) is 0 Å². The lowest BCUT2D eigenvalue weighted by Gasteiger charge is -2.35. The van der Waals surface area contributed by atoms with Gasteiger partial charge in [0.25, 0.3) is 5.91 Å². The molecule has 0 saturated carbocycles. The van der Waals surface area contributed by atoms with Crippen molar-refractivity contribution >= 4 is 29.1 Å². The Bertz CT molecular complexity index is 1410. The number of piperazine rings is 1. The standard InChI is InChI=1S/C28H27N5O4/c1-18-6-8-20(9-7-18)29-26-25-21(16-19(17-22(25)34)23-4-2-14-36-23)30-28(31-26)33-12-10-32(11-13-33)27(35)24-5-3-15-37-24/h2-9,14-15,19H,10-13,16-17H2,1H3,(H,29,30,31). The van der Waals surface area contributed by atoms with Crippen molar-refractivity contribution < 1.29 is 18.4 Å². The molecule has 1 saturated heterocycles. The molecule has 9 heteroatoms. The summed E-state index contributed by atoms with van der Waals surface area (Å²) >= 11 is 0. The summed E-state index contributed by atoms with van der Waals surface area (Å²) in [6.07, 6.45) is 4.07. The summed E-state index contributed by atoms with van der Waals surface area (Å²) in [4.78, 5) is 39.6. The first-order valence-electron chi connectivity index (χ1n) is 12.4. The minimum absolute atomic E-state index is 0.00215. The predicted molar refractivity (Wildman–Crippen MR) is 137 cm³/mol. The van der Waals surface area contributed by atoms with Crippen molar-refractivity contribution in [3.8, 4) is 0 Å². The molecule has 1 N–H and O–H groups in total. The lowest BCUT2D eigenvalue weighted by atomic mass is 9.84. The molecule has 6 rings (SSSR count). The van der Waals surface area contributed by atoms with Gasteiger partial charge in [-0.25, -0.2) is 4.98 Å². The van der Waals surface area contributed by atoms with Crippen LogP contribution < -0.4 is 10.2 Å². The summed E-state index contributed by atoms with van der Waals surface area (Å²) < 4.78 is 10.9. The number of Topliss-reactive ketones (excluding diaryl/α,β-unsaturated/α-hetero) is 1. The van der Waals surface area contributed by atoms with Crippen LogP contribution in [0.1, 0.15) is 50.3 Å². The largest absolute Gasteiger partial charge is 0.469 e. The van der Waals surface area contributed by atoms with Gasteiger partial charge < -0.3 is 24.0 Å².